The minimum Gasteiger partial charge on any atom is -0.476 e. The Balaban J connectivity index is 1.17. The molecule has 1 unspecified atom stereocenters. The monoisotopic (exact) mass is 420 g/mol. The van der Waals surface area contributed by atoms with Crippen LogP contribution in [-0.4, -0.2) is 51.7 Å². The minimum absolute atomic E-state index is 0.0876. The summed E-state index contributed by atoms with van der Waals surface area (Å²) in [5.74, 6) is 1.11. The van der Waals surface area contributed by atoms with Crippen molar-refractivity contribution in [1.82, 2.24) is 19.5 Å². The maximum absolute atomic E-state index is 13.1. The van der Waals surface area contributed by atoms with Crippen LogP contribution in [0.4, 0.5) is 0 Å². The van der Waals surface area contributed by atoms with Gasteiger partial charge in [0.1, 0.15) is 0 Å². The molecule has 1 amide bonds. The molecular formula is C24H28N4O3. The molecule has 0 aliphatic carbocycles. The van der Waals surface area contributed by atoms with Gasteiger partial charge in [0, 0.05) is 19.2 Å². The normalized spacial score (nSPS) is 19.4. The van der Waals surface area contributed by atoms with Crippen molar-refractivity contribution in [2.75, 3.05) is 26.3 Å². The topological polar surface area (TPSA) is 69.0 Å². The van der Waals surface area contributed by atoms with Gasteiger partial charge < -0.3 is 14.4 Å². The van der Waals surface area contributed by atoms with Crippen molar-refractivity contribution in [3.63, 3.8) is 0 Å². The number of ether oxygens (including phenoxy) is 2. The second kappa shape index (κ2) is 8.30. The molecule has 2 aliphatic rings. The second-order valence-electron chi connectivity index (χ2n) is 8.50. The van der Waals surface area contributed by atoms with E-state index in [-0.39, 0.29) is 5.91 Å². The quantitative estimate of drug-likeness (QED) is 0.648. The third-order valence-electron chi connectivity index (χ3n) is 6.53. The van der Waals surface area contributed by atoms with Crippen LogP contribution in [0.3, 0.4) is 0 Å². The smallest absolute Gasteiger partial charge is 0.256 e. The van der Waals surface area contributed by atoms with Crippen LogP contribution in [0.25, 0.3) is 5.65 Å². The Hall–Kier alpha value is -2.93. The summed E-state index contributed by atoms with van der Waals surface area (Å²) < 4.78 is 13.7. The fourth-order valence-electron chi connectivity index (χ4n) is 4.50. The number of imidazole rings is 1. The molecule has 162 valence electrons. The van der Waals surface area contributed by atoms with Crippen LogP contribution in [0.1, 0.15) is 41.5 Å². The lowest BCUT2D eigenvalue weighted by Crippen LogP contribution is -2.43. The van der Waals surface area contributed by atoms with Crippen molar-refractivity contribution in [1.29, 1.82) is 0 Å². The molecule has 0 radical (unpaired) electrons. The summed E-state index contributed by atoms with van der Waals surface area (Å²) in [5.41, 5.74) is 5.09. The van der Waals surface area contributed by atoms with Gasteiger partial charge in [-0.1, -0.05) is 24.3 Å². The van der Waals surface area contributed by atoms with Crippen molar-refractivity contribution in [3.8, 4) is 5.88 Å². The molecule has 4 heterocycles. The fourth-order valence-corrected chi connectivity index (χ4v) is 4.50. The number of hydrogen-bond donors (Lipinski definition) is 0. The van der Waals surface area contributed by atoms with Crippen molar-refractivity contribution in [2.45, 2.75) is 39.2 Å². The van der Waals surface area contributed by atoms with Gasteiger partial charge in [0.15, 0.2) is 11.8 Å². The highest BCUT2D eigenvalue weighted by Gasteiger charge is 2.33. The first-order valence-corrected chi connectivity index (χ1v) is 11.0. The van der Waals surface area contributed by atoms with Gasteiger partial charge in [0.25, 0.3) is 5.91 Å². The molecule has 2 aliphatic heterocycles. The van der Waals surface area contributed by atoms with E-state index in [0.717, 1.165) is 55.0 Å². The molecule has 31 heavy (non-hydrogen) atoms. The highest BCUT2D eigenvalue weighted by atomic mass is 16.5. The van der Waals surface area contributed by atoms with E-state index < -0.39 is 6.10 Å². The molecule has 7 nitrogen and oxygen atoms in total. The molecule has 0 saturated carbocycles. The van der Waals surface area contributed by atoms with Crippen LogP contribution in [0.5, 0.6) is 5.88 Å². The standard InChI is InChI=1S/C24H28N4O3/c1-16-17(2)28-21(25-16)7-8-22(26-28)31-15-18-9-12-27(13-10-18)24(29)23-20-6-4-3-5-19(20)11-14-30-23/h3-8,18,23H,9-15H2,1-2H3. The van der Waals surface area contributed by atoms with E-state index in [0.29, 0.717) is 25.0 Å². The maximum Gasteiger partial charge on any atom is 0.256 e. The Bertz CT molecular complexity index is 1100. The number of fused-ring (bicyclic) bond motifs is 2. The summed E-state index contributed by atoms with van der Waals surface area (Å²) >= 11 is 0. The predicted molar refractivity (Wildman–Crippen MR) is 116 cm³/mol. The molecular weight excluding hydrogens is 392 g/mol. The van der Waals surface area contributed by atoms with E-state index in [1.165, 1.54) is 5.56 Å². The lowest BCUT2D eigenvalue weighted by molar-refractivity contribution is -0.146. The van der Waals surface area contributed by atoms with Gasteiger partial charge >= 0.3 is 0 Å². The predicted octanol–water partition coefficient (Wildman–Crippen LogP) is 3.28. The number of amides is 1. The molecule has 3 aromatic rings. The van der Waals surface area contributed by atoms with Gasteiger partial charge in [-0.3, -0.25) is 4.79 Å². The molecule has 1 atom stereocenters. The summed E-state index contributed by atoms with van der Waals surface area (Å²) in [6.45, 7) is 6.67. The van der Waals surface area contributed by atoms with Crippen LogP contribution in [0.2, 0.25) is 0 Å². The lowest BCUT2D eigenvalue weighted by Gasteiger charge is -2.35. The van der Waals surface area contributed by atoms with Gasteiger partial charge in [0.05, 0.1) is 24.6 Å². The number of benzene rings is 1. The van der Waals surface area contributed by atoms with Gasteiger partial charge in [-0.15, -0.1) is 5.10 Å². The van der Waals surface area contributed by atoms with Gasteiger partial charge in [-0.2, -0.15) is 0 Å². The first-order valence-electron chi connectivity index (χ1n) is 11.0. The van der Waals surface area contributed by atoms with Crippen molar-refractivity contribution in [3.05, 3.63) is 58.9 Å². The molecule has 7 heteroatoms. The van der Waals surface area contributed by atoms with Crippen LogP contribution in [-0.2, 0) is 16.0 Å². The molecule has 1 aromatic carbocycles. The Morgan fingerprint density at radius 2 is 1.97 bits per heavy atom. The number of carbonyl (C=O) groups is 1. The molecule has 1 saturated heterocycles. The van der Waals surface area contributed by atoms with E-state index in [1.807, 2.05) is 53.6 Å². The molecule has 2 aromatic heterocycles. The Morgan fingerprint density at radius 3 is 2.81 bits per heavy atom. The van der Waals surface area contributed by atoms with Crippen molar-refractivity contribution in [2.24, 2.45) is 5.92 Å². The highest BCUT2D eigenvalue weighted by Crippen LogP contribution is 2.30. The zero-order valence-corrected chi connectivity index (χ0v) is 18.1. The number of hydrogen-bond acceptors (Lipinski definition) is 5. The van der Waals surface area contributed by atoms with E-state index in [9.17, 15) is 4.79 Å². The van der Waals surface area contributed by atoms with Gasteiger partial charge in [-0.05, 0) is 56.2 Å². The maximum atomic E-state index is 13.1. The molecule has 1 fully saturated rings. The first kappa shape index (κ1) is 20.0. The second-order valence-corrected chi connectivity index (χ2v) is 8.50. The summed E-state index contributed by atoms with van der Waals surface area (Å²) in [6.07, 6.45) is 2.25. The largest absolute Gasteiger partial charge is 0.476 e. The molecule has 0 spiro atoms. The van der Waals surface area contributed by atoms with Crippen LogP contribution in [0, 0.1) is 19.8 Å². The van der Waals surface area contributed by atoms with Crippen LogP contribution in [0.15, 0.2) is 36.4 Å². The van der Waals surface area contributed by atoms with E-state index >= 15 is 0 Å². The van der Waals surface area contributed by atoms with E-state index in [1.54, 1.807) is 0 Å². The number of piperidine rings is 1. The number of aromatic nitrogens is 3. The number of aryl methyl sites for hydroxylation is 2. The minimum atomic E-state index is -0.462. The zero-order chi connectivity index (χ0) is 21.4. The summed E-state index contributed by atoms with van der Waals surface area (Å²) in [7, 11) is 0. The summed E-state index contributed by atoms with van der Waals surface area (Å²) in [6, 6.07) is 11.9. The Kier molecular flexibility index (Phi) is 5.36. The average Bonchev–Trinajstić information content (AvgIpc) is 3.10. The molecule has 0 bridgehead atoms. The number of rotatable bonds is 4. The third kappa shape index (κ3) is 3.90. The van der Waals surface area contributed by atoms with Gasteiger partial charge in [-0.25, -0.2) is 9.50 Å². The van der Waals surface area contributed by atoms with Crippen LogP contribution < -0.4 is 4.74 Å². The number of carbonyl (C=O) groups excluding carboxylic acids is 1. The van der Waals surface area contributed by atoms with E-state index in [2.05, 4.69) is 16.1 Å². The Labute approximate surface area is 182 Å². The Morgan fingerprint density at radius 1 is 1.16 bits per heavy atom. The van der Waals surface area contributed by atoms with Crippen molar-refractivity contribution < 1.29 is 14.3 Å². The average molecular weight is 421 g/mol. The highest BCUT2D eigenvalue weighted by molar-refractivity contribution is 5.83. The number of likely N-dealkylation sites (tertiary alicyclic amines) is 1. The summed E-state index contributed by atoms with van der Waals surface area (Å²) in [5, 5.41) is 4.56. The lowest BCUT2D eigenvalue weighted by atomic mass is 9.94. The molecule has 0 N–H and O–H groups in total. The van der Waals surface area contributed by atoms with Gasteiger partial charge in [0.2, 0.25) is 5.88 Å². The number of nitrogens with zero attached hydrogens (tertiary/aromatic N) is 4. The van der Waals surface area contributed by atoms with E-state index in [4.69, 9.17) is 9.47 Å². The van der Waals surface area contributed by atoms with Crippen LogP contribution >= 0.6 is 0 Å². The van der Waals surface area contributed by atoms with Crippen molar-refractivity contribution >= 4 is 11.6 Å². The third-order valence-corrected chi connectivity index (χ3v) is 6.53. The summed E-state index contributed by atoms with van der Waals surface area (Å²) in [4.78, 5) is 19.5. The molecule has 5 rings (SSSR count). The SMILES string of the molecule is Cc1nc2ccc(OCC3CCN(C(=O)C4OCCc5ccccc54)CC3)nn2c1C. The fraction of sp³-hybridized carbons (Fsp3) is 0.458. The first-order chi connectivity index (χ1) is 15.1. The zero-order valence-electron chi connectivity index (χ0n) is 18.1.